The van der Waals surface area contributed by atoms with Gasteiger partial charge in [0.05, 0.1) is 19.8 Å². The maximum absolute atomic E-state index is 12.7. The SMILES string of the molecule is C[C@](O)(CN1Cc2ccccc2C1=O)c1nc(-c2cccc(CN3CCOCC3)c2)no1. The number of β-amino-alcohol motifs (C(OH)–C–C–N with tert-alkyl or cyclic N) is 1. The summed E-state index contributed by atoms with van der Waals surface area (Å²) in [5.41, 5.74) is 2.14. The molecule has 8 heteroatoms. The van der Waals surface area contributed by atoms with Crippen LogP contribution >= 0.6 is 0 Å². The third kappa shape index (κ3) is 4.17. The first-order valence-corrected chi connectivity index (χ1v) is 10.8. The average Bonchev–Trinajstić information content (AvgIpc) is 3.41. The van der Waals surface area contributed by atoms with Crippen molar-refractivity contribution in [2.45, 2.75) is 25.6 Å². The molecule has 0 radical (unpaired) electrons. The minimum atomic E-state index is -1.46. The van der Waals surface area contributed by atoms with Crippen molar-refractivity contribution >= 4 is 5.91 Å². The van der Waals surface area contributed by atoms with Gasteiger partial charge in [0.15, 0.2) is 5.60 Å². The highest BCUT2D eigenvalue weighted by molar-refractivity contribution is 5.98. The van der Waals surface area contributed by atoms with Crippen molar-refractivity contribution in [1.29, 1.82) is 0 Å². The smallest absolute Gasteiger partial charge is 0.260 e. The highest BCUT2D eigenvalue weighted by Crippen LogP contribution is 2.29. The van der Waals surface area contributed by atoms with E-state index in [-0.39, 0.29) is 18.3 Å². The lowest BCUT2D eigenvalue weighted by atomic mass is 10.1. The summed E-state index contributed by atoms with van der Waals surface area (Å²) in [6.07, 6.45) is 0. The molecular formula is C24H26N4O4. The predicted molar refractivity (Wildman–Crippen MR) is 117 cm³/mol. The normalized spacial score (nSPS) is 18.6. The number of hydrogen-bond acceptors (Lipinski definition) is 7. The number of ether oxygens (including phenoxy) is 1. The quantitative estimate of drug-likeness (QED) is 0.637. The summed E-state index contributed by atoms with van der Waals surface area (Å²) < 4.78 is 10.8. The van der Waals surface area contributed by atoms with Gasteiger partial charge in [-0.3, -0.25) is 9.69 Å². The lowest BCUT2D eigenvalue weighted by Gasteiger charge is -2.26. The molecule has 2 aliphatic rings. The molecule has 5 rings (SSSR count). The van der Waals surface area contributed by atoms with Crippen LogP contribution in [0.3, 0.4) is 0 Å². The monoisotopic (exact) mass is 434 g/mol. The second kappa shape index (κ2) is 8.46. The highest BCUT2D eigenvalue weighted by atomic mass is 16.5. The minimum Gasteiger partial charge on any atom is -0.379 e. The van der Waals surface area contributed by atoms with Crippen molar-refractivity contribution in [3.63, 3.8) is 0 Å². The first-order chi connectivity index (χ1) is 15.5. The van der Waals surface area contributed by atoms with Crippen LogP contribution in [-0.2, 0) is 23.4 Å². The molecule has 166 valence electrons. The number of nitrogens with zero attached hydrogens (tertiary/aromatic N) is 4. The molecule has 3 heterocycles. The molecule has 3 aromatic rings. The molecule has 1 aromatic heterocycles. The van der Waals surface area contributed by atoms with Gasteiger partial charge in [-0.1, -0.05) is 41.6 Å². The number of aromatic nitrogens is 2. The van der Waals surface area contributed by atoms with Crippen LogP contribution in [0.4, 0.5) is 0 Å². The molecule has 0 saturated carbocycles. The summed E-state index contributed by atoms with van der Waals surface area (Å²) in [6.45, 7) is 6.29. The number of aliphatic hydroxyl groups is 1. The standard InChI is InChI=1S/C24H26N4O4/c1-24(30,16-28-15-19-6-2-3-8-20(19)22(28)29)23-25-21(26-32-23)18-7-4-5-17(13-18)14-27-9-11-31-12-10-27/h2-8,13,30H,9-12,14-16H2,1H3/t24-/m0/s1. The van der Waals surface area contributed by atoms with Crippen LogP contribution in [-0.4, -0.2) is 63.8 Å². The minimum absolute atomic E-state index is 0.0687. The van der Waals surface area contributed by atoms with Crippen LogP contribution in [0, 0.1) is 0 Å². The maximum Gasteiger partial charge on any atom is 0.260 e. The van der Waals surface area contributed by atoms with E-state index in [4.69, 9.17) is 9.26 Å². The van der Waals surface area contributed by atoms with Gasteiger partial charge in [0.25, 0.3) is 11.8 Å². The van der Waals surface area contributed by atoms with E-state index in [1.165, 1.54) is 0 Å². The zero-order valence-electron chi connectivity index (χ0n) is 18.0. The fourth-order valence-electron chi connectivity index (χ4n) is 4.27. The molecule has 1 N–H and O–H groups in total. The zero-order valence-corrected chi connectivity index (χ0v) is 18.0. The summed E-state index contributed by atoms with van der Waals surface area (Å²) in [5.74, 6) is 0.409. The van der Waals surface area contributed by atoms with Crippen LogP contribution < -0.4 is 0 Å². The predicted octanol–water partition coefficient (Wildman–Crippen LogP) is 2.43. The van der Waals surface area contributed by atoms with E-state index in [0.717, 1.165) is 49.5 Å². The van der Waals surface area contributed by atoms with E-state index in [9.17, 15) is 9.90 Å². The number of benzene rings is 2. The third-order valence-electron chi connectivity index (χ3n) is 5.98. The summed E-state index contributed by atoms with van der Waals surface area (Å²) >= 11 is 0. The van der Waals surface area contributed by atoms with Gasteiger partial charge < -0.3 is 19.3 Å². The van der Waals surface area contributed by atoms with E-state index in [0.29, 0.717) is 17.9 Å². The van der Waals surface area contributed by atoms with Crippen molar-refractivity contribution in [2.24, 2.45) is 0 Å². The van der Waals surface area contributed by atoms with E-state index >= 15 is 0 Å². The number of fused-ring (bicyclic) bond motifs is 1. The van der Waals surface area contributed by atoms with Gasteiger partial charge in [-0.25, -0.2) is 0 Å². The van der Waals surface area contributed by atoms with E-state index < -0.39 is 5.60 Å². The Labute approximate surface area is 186 Å². The zero-order chi connectivity index (χ0) is 22.1. The highest BCUT2D eigenvalue weighted by Gasteiger charge is 2.37. The van der Waals surface area contributed by atoms with Gasteiger partial charge in [0, 0.05) is 37.3 Å². The van der Waals surface area contributed by atoms with Gasteiger partial charge in [0.1, 0.15) is 0 Å². The molecule has 8 nitrogen and oxygen atoms in total. The Kier molecular flexibility index (Phi) is 5.50. The van der Waals surface area contributed by atoms with Gasteiger partial charge in [-0.2, -0.15) is 4.98 Å². The summed E-state index contributed by atoms with van der Waals surface area (Å²) in [4.78, 5) is 21.1. The number of morpholine rings is 1. The second-order valence-electron chi connectivity index (χ2n) is 8.60. The summed E-state index contributed by atoms with van der Waals surface area (Å²) in [7, 11) is 0. The van der Waals surface area contributed by atoms with Crippen molar-refractivity contribution in [3.8, 4) is 11.4 Å². The van der Waals surface area contributed by atoms with Crippen molar-refractivity contribution in [3.05, 3.63) is 71.1 Å². The lowest BCUT2D eigenvalue weighted by Crippen LogP contribution is -2.39. The molecule has 1 atom stereocenters. The molecule has 1 fully saturated rings. The lowest BCUT2D eigenvalue weighted by molar-refractivity contribution is -0.00754. The first-order valence-electron chi connectivity index (χ1n) is 10.8. The van der Waals surface area contributed by atoms with E-state index in [2.05, 4.69) is 21.1 Å². The summed E-state index contributed by atoms with van der Waals surface area (Å²) in [5, 5.41) is 15.2. The van der Waals surface area contributed by atoms with E-state index in [1.807, 2.05) is 36.4 Å². The topological polar surface area (TPSA) is 91.9 Å². The largest absolute Gasteiger partial charge is 0.379 e. The molecule has 1 amide bonds. The fourth-order valence-corrected chi connectivity index (χ4v) is 4.27. The molecule has 0 bridgehead atoms. The molecule has 1 saturated heterocycles. The third-order valence-corrected chi connectivity index (χ3v) is 5.98. The van der Waals surface area contributed by atoms with Crippen molar-refractivity contribution < 1.29 is 19.2 Å². The molecule has 2 aromatic carbocycles. The van der Waals surface area contributed by atoms with Crippen molar-refractivity contribution in [2.75, 3.05) is 32.8 Å². The van der Waals surface area contributed by atoms with E-state index in [1.54, 1.807) is 17.9 Å². The first kappa shape index (κ1) is 20.8. The number of hydrogen-bond donors (Lipinski definition) is 1. The fraction of sp³-hybridized carbons (Fsp3) is 0.375. The van der Waals surface area contributed by atoms with Crippen LogP contribution in [0.15, 0.2) is 53.1 Å². The Balaban J connectivity index is 1.30. The van der Waals surface area contributed by atoms with Gasteiger partial charge in [-0.05, 0) is 30.2 Å². The Morgan fingerprint density at radius 1 is 1.12 bits per heavy atom. The molecule has 32 heavy (non-hydrogen) atoms. The Hall–Kier alpha value is -3.07. The molecular weight excluding hydrogens is 408 g/mol. The molecule has 0 unspecified atom stereocenters. The molecule has 2 aliphatic heterocycles. The van der Waals surface area contributed by atoms with Gasteiger partial charge in [-0.15, -0.1) is 0 Å². The van der Waals surface area contributed by atoms with Crippen molar-refractivity contribution in [1.82, 2.24) is 19.9 Å². The second-order valence-corrected chi connectivity index (χ2v) is 8.60. The van der Waals surface area contributed by atoms with Gasteiger partial charge in [0.2, 0.25) is 5.82 Å². The van der Waals surface area contributed by atoms with Crippen LogP contribution in [0.5, 0.6) is 0 Å². The number of carbonyl (C=O) groups excluding carboxylic acids is 1. The van der Waals surface area contributed by atoms with Crippen LogP contribution in [0.2, 0.25) is 0 Å². The molecule has 0 spiro atoms. The van der Waals surface area contributed by atoms with Crippen LogP contribution in [0.25, 0.3) is 11.4 Å². The van der Waals surface area contributed by atoms with Crippen LogP contribution in [0.1, 0.15) is 34.3 Å². The maximum atomic E-state index is 12.7. The Morgan fingerprint density at radius 2 is 1.94 bits per heavy atom. The Morgan fingerprint density at radius 3 is 2.75 bits per heavy atom. The number of amides is 1. The number of carbonyl (C=O) groups is 1. The average molecular weight is 434 g/mol. The number of rotatable bonds is 6. The van der Waals surface area contributed by atoms with Gasteiger partial charge >= 0.3 is 0 Å². The Bertz CT molecular complexity index is 1120. The molecule has 0 aliphatic carbocycles. The summed E-state index contributed by atoms with van der Waals surface area (Å²) in [6, 6.07) is 15.5.